The molecule has 0 fully saturated rings. The second-order valence-electron chi connectivity index (χ2n) is 8.68. The van der Waals surface area contributed by atoms with Gasteiger partial charge in [-0.3, -0.25) is 0 Å². The van der Waals surface area contributed by atoms with Crippen LogP contribution in [-0.2, 0) is 19.3 Å². The fraction of sp³-hybridized carbons (Fsp3) is 0.357. The zero-order valence-electron chi connectivity index (χ0n) is 18.0. The molecular weight excluding hydrogens is 336 g/mol. The van der Waals surface area contributed by atoms with E-state index in [2.05, 4.69) is 83.1 Å². The lowest BCUT2D eigenvalue weighted by molar-refractivity contribution is 0.677. The largest absolute Gasteiger partial charge is 0.0651 e. The van der Waals surface area contributed by atoms with Crippen molar-refractivity contribution in [3.8, 4) is 11.1 Å². The molecule has 0 N–H and O–H groups in total. The number of fused-ring (bicyclic) bond motifs is 3. The minimum atomic E-state index is 0.540. The van der Waals surface area contributed by atoms with Gasteiger partial charge in [0.05, 0.1) is 0 Å². The Balaban J connectivity index is 1.89. The molecule has 0 heteroatoms. The Hall–Kier alpha value is -2.34. The summed E-state index contributed by atoms with van der Waals surface area (Å²) in [6, 6.07) is 18.6. The summed E-state index contributed by atoms with van der Waals surface area (Å²) in [5, 5.41) is 0. The van der Waals surface area contributed by atoms with Crippen LogP contribution in [-0.4, -0.2) is 0 Å². The third-order valence-electron chi connectivity index (χ3n) is 6.77. The number of benzene rings is 3. The van der Waals surface area contributed by atoms with E-state index in [0.717, 1.165) is 12.8 Å². The summed E-state index contributed by atoms with van der Waals surface area (Å²) < 4.78 is 0. The lowest BCUT2D eigenvalue weighted by Crippen LogP contribution is -2.11. The van der Waals surface area contributed by atoms with Crippen molar-refractivity contribution in [2.45, 2.75) is 66.2 Å². The fourth-order valence-corrected chi connectivity index (χ4v) is 5.22. The van der Waals surface area contributed by atoms with Crippen molar-refractivity contribution in [2.75, 3.05) is 0 Å². The minimum absolute atomic E-state index is 0.540. The maximum Gasteiger partial charge on any atom is -0.00752 e. The maximum atomic E-state index is 2.49. The monoisotopic (exact) mass is 368 g/mol. The van der Waals surface area contributed by atoms with Gasteiger partial charge in [0, 0.05) is 0 Å². The van der Waals surface area contributed by atoms with Gasteiger partial charge in [-0.1, -0.05) is 61.9 Å². The van der Waals surface area contributed by atoms with Crippen LogP contribution in [0.1, 0.15) is 63.8 Å². The zero-order chi connectivity index (χ0) is 19.8. The second kappa shape index (κ2) is 7.59. The molecule has 1 atom stereocenters. The van der Waals surface area contributed by atoms with E-state index in [-0.39, 0.29) is 0 Å². The molecule has 3 aromatic rings. The Morgan fingerprint density at radius 1 is 0.750 bits per heavy atom. The summed E-state index contributed by atoms with van der Waals surface area (Å²) in [7, 11) is 0. The van der Waals surface area contributed by atoms with Crippen molar-refractivity contribution in [3.05, 3.63) is 93.0 Å². The van der Waals surface area contributed by atoms with E-state index in [1.165, 1.54) is 62.9 Å². The van der Waals surface area contributed by atoms with E-state index in [4.69, 9.17) is 0 Å². The van der Waals surface area contributed by atoms with Gasteiger partial charge in [0.25, 0.3) is 0 Å². The van der Waals surface area contributed by atoms with Gasteiger partial charge in [-0.2, -0.15) is 0 Å². The van der Waals surface area contributed by atoms with Crippen LogP contribution in [0, 0.1) is 27.7 Å². The first-order chi connectivity index (χ1) is 13.5. The molecule has 0 saturated heterocycles. The van der Waals surface area contributed by atoms with E-state index in [1.54, 1.807) is 5.56 Å². The Kier molecular flexibility index (Phi) is 5.15. The first-order valence-electron chi connectivity index (χ1n) is 10.8. The molecule has 0 heterocycles. The molecule has 0 aliphatic heterocycles. The SMILES string of the molecule is CCCc1ccc2c(c1)CC(c1c(C)cc(C)c(C)c1C)Cc1ccccc1-2. The van der Waals surface area contributed by atoms with Crippen LogP contribution in [0.5, 0.6) is 0 Å². The number of rotatable bonds is 3. The third kappa shape index (κ3) is 3.30. The van der Waals surface area contributed by atoms with Gasteiger partial charge in [0.2, 0.25) is 0 Å². The average Bonchev–Trinajstić information content (AvgIpc) is 2.83. The highest BCUT2D eigenvalue weighted by molar-refractivity contribution is 5.73. The van der Waals surface area contributed by atoms with E-state index >= 15 is 0 Å². The van der Waals surface area contributed by atoms with Crippen molar-refractivity contribution in [2.24, 2.45) is 0 Å². The number of aryl methyl sites for hydroxylation is 3. The quantitative estimate of drug-likeness (QED) is 0.451. The summed E-state index contributed by atoms with van der Waals surface area (Å²) in [5.41, 5.74) is 14.8. The predicted molar refractivity (Wildman–Crippen MR) is 121 cm³/mol. The van der Waals surface area contributed by atoms with Gasteiger partial charge < -0.3 is 0 Å². The highest BCUT2D eigenvalue weighted by atomic mass is 14.3. The fourth-order valence-electron chi connectivity index (χ4n) is 5.22. The molecule has 0 aromatic heterocycles. The first-order valence-corrected chi connectivity index (χ1v) is 10.8. The van der Waals surface area contributed by atoms with Crippen LogP contribution in [0.4, 0.5) is 0 Å². The zero-order valence-corrected chi connectivity index (χ0v) is 18.0. The van der Waals surface area contributed by atoms with Crippen molar-refractivity contribution in [3.63, 3.8) is 0 Å². The van der Waals surface area contributed by atoms with E-state index in [1.807, 2.05) is 0 Å². The average molecular weight is 369 g/mol. The normalized spacial score (nSPS) is 15.7. The Labute approximate surface area is 170 Å². The van der Waals surface area contributed by atoms with E-state index in [0.29, 0.717) is 5.92 Å². The highest BCUT2D eigenvalue weighted by Gasteiger charge is 2.25. The smallest absolute Gasteiger partial charge is 0.00752 e. The molecule has 0 radical (unpaired) electrons. The first kappa shape index (κ1) is 19.0. The van der Waals surface area contributed by atoms with Crippen LogP contribution in [0.15, 0.2) is 48.5 Å². The lowest BCUT2D eigenvalue weighted by atomic mass is 9.81. The highest BCUT2D eigenvalue weighted by Crippen LogP contribution is 2.41. The van der Waals surface area contributed by atoms with Crippen LogP contribution in [0.25, 0.3) is 11.1 Å². The third-order valence-corrected chi connectivity index (χ3v) is 6.77. The second-order valence-corrected chi connectivity index (χ2v) is 8.68. The van der Waals surface area contributed by atoms with Crippen LogP contribution in [0.3, 0.4) is 0 Å². The predicted octanol–water partition coefficient (Wildman–Crippen LogP) is 7.42. The molecule has 0 spiro atoms. The molecule has 0 bridgehead atoms. The van der Waals surface area contributed by atoms with Gasteiger partial charge >= 0.3 is 0 Å². The standard InChI is InChI=1S/C28H32/c1-6-9-22-12-13-27-24(15-22)17-25(16-23-10-7-8-11-26(23)27)28-19(3)14-18(2)20(4)21(28)5/h7-8,10-15,25H,6,9,16-17H2,1-5H3. The molecule has 1 unspecified atom stereocenters. The van der Waals surface area contributed by atoms with Gasteiger partial charge in [0.1, 0.15) is 0 Å². The number of hydrogen-bond acceptors (Lipinski definition) is 0. The van der Waals surface area contributed by atoms with Crippen molar-refractivity contribution in [1.82, 2.24) is 0 Å². The molecule has 28 heavy (non-hydrogen) atoms. The molecule has 1 aliphatic carbocycles. The summed E-state index contributed by atoms with van der Waals surface area (Å²) >= 11 is 0. The molecule has 0 amide bonds. The summed E-state index contributed by atoms with van der Waals surface area (Å²) in [4.78, 5) is 0. The topological polar surface area (TPSA) is 0 Å². The minimum Gasteiger partial charge on any atom is -0.0651 e. The van der Waals surface area contributed by atoms with Crippen LogP contribution < -0.4 is 0 Å². The van der Waals surface area contributed by atoms with Gasteiger partial charge in [-0.25, -0.2) is 0 Å². The Bertz CT molecular complexity index is 1020. The number of hydrogen-bond donors (Lipinski definition) is 0. The van der Waals surface area contributed by atoms with Crippen LogP contribution in [0.2, 0.25) is 0 Å². The summed E-state index contributed by atoms with van der Waals surface area (Å²) in [6.45, 7) is 11.4. The van der Waals surface area contributed by atoms with Gasteiger partial charge in [0.15, 0.2) is 0 Å². The van der Waals surface area contributed by atoms with E-state index in [9.17, 15) is 0 Å². The van der Waals surface area contributed by atoms with E-state index < -0.39 is 0 Å². The Morgan fingerprint density at radius 2 is 1.46 bits per heavy atom. The lowest BCUT2D eigenvalue weighted by Gasteiger charge is -2.23. The van der Waals surface area contributed by atoms with Gasteiger partial charge in [-0.05, 0) is 109 Å². The van der Waals surface area contributed by atoms with Crippen molar-refractivity contribution >= 4 is 0 Å². The molecule has 3 aromatic carbocycles. The van der Waals surface area contributed by atoms with Gasteiger partial charge in [-0.15, -0.1) is 0 Å². The molecule has 144 valence electrons. The summed E-state index contributed by atoms with van der Waals surface area (Å²) in [6.07, 6.45) is 4.62. The molecule has 0 saturated carbocycles. The van der Waals surface area contributed by atoms with Crippen molar-refractivity contribution in [1.29, 1.82) is 0 Å². The molecule has 0 nitrogen and oxygen atoms in total. The molecule has 1 aliphatic rings. The molecular formula is C28H32. The summed E-state index contributed by atoms with van der Waals surface area (Å²) in [5.74, 6) is 0.540. The van der Waals surface area contributed by atoms with Crippen LogP contribution >= 0.6 is 0 Å². The van der Waals surface area contributed by atoms with Crippen molar-refractivity contribution < 1.29 is 0 Å². The maximum absolute atomic E-state index is 2.49. The Morgan fingerprint density at radius 3 is 2.25 bits per heavy atom. The molecule has 4 rings (SSSR count).